The van der Waals surface area contributed by atoms with Gasteiger partial charge in [0, 0.05) is 6.54 Å². The van der Waals surface area contributed by atoms with Crippen molar-refractivity contribution in [3.63, 3.8) is 0 Å². The summed E-state index contributed by atoms with van der Waals surface area (Å²) in [6.45, 7) is 9.44. The highest BCUT2D eigenvalue weighted by Gasteiger charge is 1.94. The minimum absolute atomic E-state index is 0.360. The zero-order chi connectivity index (χ0) is 14.2. The first-order chi connectivity index (χ1) is 9.27. The zero-order valence-electron chi connectivity index (χ0n) is 13.7. The first-order valence-corrected chi connectivity index (χ1v) is 8.59. The molecule has 0 atom stereocenters. The molecule has 1 N–H and O–H groups in total. The van der Waals surface area contributed by atoms with Gasteiger partial charge in [-0.3, -0.25) is 0 Å². The van der Waals surface area contributed by atoms with Crippen LogP contribution in [0, 0.1) is 0 Å². The summed E-state index contributed by atoms with van der Waals surface area (Å²) in [5.41, 5.74) is 0. The van der Waals surface area contributed by atoms with Gasteiger partial charge in [-0.15, -0.1) is 0 Å². The molecule has 0 aliphatic carbocycles. The molecule has 0 aromatic carbocycles. The summed E-state index contributed by atoms with van der Waals surface area (Å²) in [4.78, 5) is 0. The van der Waals surface area contributed by atoms with Crippen molar-refractivity contribution in [2.45, 2.75) is 91.1 Å². The summed E-state index contributed by atoms with van der Waals surface area (Å²) in [7, 11) is 0. The molecular weight excluding hydrogens is 234 g/mol. The van der Waals surface area contributed by atoms with E-state index < -0.39 is 0 Å². The summed E-state index contributed by atoms with van der Waals surface area (Å²) in [6, 6.07) is 0. The highest BCUT2D eigenvalue weighted by Crippen LogP contribution is 2.10. The summed E-state index contributed by atoms with van der Waals surface area (Å²) in [6.07, 6.45) is 14.5. The van der Waals surface area contributed by atoms with Crippen LogP contribution in [-0.2, 0) is 4.74 Å². The molecule has 0 saturated heterocycles. The molecule has 0 saturated carbocycles. The maximum atomic E-state index is 5.48. The Morgan fingerprint density at radius 2 is 1.26 bits per heavy atom. The third-order valence-corrected chi connectivity index (χ3v) is 3.44. The van der Waals surface area contributed by atoms with Gasteiger partial charge in [0.15, 0.2) is 0 Å². The van der Waals surface area contributed by atoms with Crippen LogP contribution >= 0.6 is 0 Å². The molecule has 0 unspecified atom stereocenters. The number of rotatable bonds is 15. The van der Waals surface area contributed by atoms with Crippen LogP contribution in [0.4, 0.5) is 0 Å². The fraction of sp³-hybridized carbons (Fsp3) is 1.00. The van der Waals surface area contributed by atoms with Crippen molar-refractivity contribution in [2.75, 3.05) is 19.7 Å². The molecule has 19 heavy (non-hydrogen) atoms. The monoisotopic (exact) mass is 271 g/mol. The lowest BCUT2D eigenvalue weighted by molar-refractivity contribution is 0.0809. The van der Waals surface area contributed by atoms with E-state index in [1.54, 1.807) is 0 Å². The van der Waals surface area contributed by atoms with Gasteiger partial charge >= 0.3 is 0 Å². The highest BCUT2D eigenvalue weighted by atomic mass is 16.5. The number of nitrogens with one attached hydrogen (secondary N) is 1. The maximum Gasteiger partial charge on any atom is 0.0594 e. The second-order valence-corrected chi connectivity index (χ2v) is 5.85. The Morgan fingerprint density at radius 3 is 1.79 bits per heavy atom. The van der Waals surface area contributed by atoms with E-state index in [0.29, 0.717) is 6.10 Å². The second kappa shape index (κ2) is 16.0. The first kappa shape index (κ1) is 18.9. The van der Waals surface area contributed by atoms with Crippen LogP contribution in [0.3, 0.4) is 0 Å². The van der Waals surface area contributed by atoms with Crippen molar-refractivity contribution < 1.29 is 4.74 Å². The maximum absolute atomic E-state index is 5.48. The normalized spacial score (nSPS) is 11.4. The summed E-state index contributed by atoms with van der Waals surface area (Å²) in [5.74, 6) is 0. The molecule has 116 valence electrons. The molecule has 2 nitrogen and oxygen atoms in total. The minimum Gasteiger partial charge on any atom is -0.377 e. The van der Waals surface area contributed by atoms with Gasteiger partial charge in [-0.05, 0) is 26.8 Å². The molecule has 2 heteroatoms. The van der Waals surface area contributed by atoms with E-state index in [-0.39, 0.29) is 0 Å². The van der Waals surface area contributed by atoms with Crippen LogP contribution < -0.4 is 5.32 Å². The molecule has 0 bridgehead atoms. The van der Waals surface area contributed by atoms with Crippen molar-refractivity contribution >= 4 is 0 Å². The van der Waals surface area contributed by atoms with E-state index in [1.165, 1.54) is 64.2 Å². The third kappa shape index (κ3) is 17.9. The van der Waals surface area contributed by atoms with E-state index in [2.05, 4.69) is 26.1 Å². The Labute approximate surface area is 121 Å². The third-order valence-electron chi connectivity index (χ3n) is 3.44. The first-order valence-electron chi connectivity index (χ1n) is 8.59. The van der Waals surface area contributed by atoms with Crippen molar-refractivity contribution in [2.24, 2.45) is 0 Å². The molecule has 0 spiro atoms. The predicted octanol–water partition coefficient (Wildman–Crippen LogP) is 4.92. The quantitative estimate of drug-likeness (QED) is 0.427. The van der Waals surface area contributed by atoms with Gasteiger partial charge in [-0.25, -0.2) is 0 Å². The molecule has 0 aliphatic heterocycles. The zero-order valence-corrected chi connectivity index (χ0v) is 13.7. The smallest absolute Gasteiger partial charge is 0.0594 e. The van der Waals surface area contributed by atoms with E-state index in [1.807, 2.05) is 0 Å². The Bertz CT molecular complexity index is 159. The molecule has 0 rings (SSSR count). The molecule has 0 radical (unpaired) electrons. The van der Waals surface area contributed by atoms with Gasteiger partial charge in [0.1, 0.15) is 0 Å². The predicted molar refractivity (Wildman–Crippen MR) is 85.8 cm³/mol. The Kier molecular flexibility index (Phi) is 15.9. The summed E-state index contributed by atoms with van der Waals surface area (Å²) in [5, 5.41) is 3.44. The van der Waals surface area contributed by atoms with Crippen LogP contribution in [0.2, 0.25) is 0 Å². The molecule has 0 fully saturated rings. The van der Waals surface area contributed by atoms with Gasteiger partial charge in [-0.1, -0.05) is 64.7 Å². The molecule has 0 amide bonds. The lowest BCUT2D eigenvalue weighted by atomic mass is 10.1. The Balaban J connectivity index is 2.91. The van der Waals surface area contributed by atoms with E-state index >= 15 is 0 Å². The SMILES string of the molecule is CCCCCCCCCCCCNCCOC(C)C. The standard InChI is InChI=1S/C17H37NO/c1-4-5-6-7-8-9-10-11-12-13-14-18-15-16-19-17(2)3/h17-18H,4-16H2,1-3H3. The molecule has 0 heterocycles. The van der Waals surface area contributed by atoms with Crippen LogP contribution in [0.1, 0.15) is 85.0 Å². The molecular formula is C17H37NO. The van der Waals surface area contributed by atoms with Gasteiger partial charge in [0.05, 0.1) is 12.7 Å². The highest BCUT2D eigenvalue weighted by molar-refractivity contribution is 4.51. The molecule has 0 aromatic heterocycles. The van der Waals surface area contributed by atoms with E-state index in [9.17, 15) is 0 Å². The fourth-order valence-corrected chi connectivity index (χ4v) is 2.23. The van der Waals surface area contributed by atoms with Crippen LogP contribution in [0.5, 0.6) is 0 Å². The van der Waals surface area contributed by atoms with Crippen molar-refractivity contribution in [1.82, 2.24) is 5.32 Å². The largest absolute Gasteiger partial charge is 0.377 e. The Hall–Kier alpha value is -0.0800. The summed E-state index contributed by atoms with van der Waals surface area (Å²) < 4.78 is 5.48. The average Bonchev–Trinajstić information content (AvgIpc) is 2.39. The average molecular weight is 271 g/mol. The number of unbranched alkanes of at least 4 members (excludes halogenated alkanes) is 9. The molecule has 0 aromatic rings. The topological polar surface area (TPSA) is 21.3 Å². The fourth-order valence-electron chi connectivity index (χ4n) is 2.23. The van der Waals surface area contributed by atoms with E-state index in [4.69, 9.17) is 4.74 Å². The van der Waals surface area contributed by atoms with Crippen LogP contribution in [0.25, 0.3) is 0 Å². The number of hydrogen-bond acceptors (Lipinski definition) is 2. The number of ether oxygens (including phenoxy) is 1. The minimum atomic E-state index is 0.360. The Morgan fingerprint density at radius 1 is 0.737 bits per heavy atom. The summed E-state index contributed by atoms with van der Waals surface area (Å²) >= 11 is 0. The van der Waals surface area contributed by atoms with Gasteiger partial charge in [0.2, 0.25) is 0 Å². The van der Waals surface area contributed by atoms with Gasteiger partial charge in [0.25, 0.3) is 0 Å². The lowest BCUT2D eigenvalue weighted by Crippen LogP contribution is -2.22. The number of hydrogen-bond donors (Lipinski definition) is 1. The van der Waals surface area contributed by atoms with Crippen LogP contribution in [-0.4, -0.2) is 25.8 Å². The van der Waals surface area contributed by atoms with Crippen molar-refractivity contribution in [3.8, 4) is 0 Å². The van der Waals surface area contributed by atoms with Crippen molar-refractivity contribution in [1.29, 1.82) is 0 Å². The van der Waals surface area contributed by atoms with E-state index in [0.717, 1.165) is 19.7 Å². The molecule has 0 aliphatic rings. The van der Waals surface area contributed by atoms with Crippen molar-refractivity contribution in [3.05, 3.63) is 0 Å². The lowest BCUT2D eigenvalue weighted by Gasteiger charge is -2.08. The second-order valence-electron chi connectivity index (χ2n) is 5.85. The van der Waals surface area contributed by atoms with Gasteiger partial charge < -0.3 is 10.1 Å². The van der Waals surface area contributed by atoms with Crippen LogP contribution in [0.15, 0.2) is 0 Å². The van der Waals surface area contributed by atoms with Gasteiger partial charge in [-0.2, -0.15) is 0 Å².